The Kier molecular flexibility index (Phi) is 8.24. The molecule has 0 N–H and O–H groups in total. The molecular weight excluding hydrogens is 335 g/mol. The fraction of sp³-hybridized carbons (Fsp3) is 1.00. The first-order valence-electron chi connectivity index (χ1n) is 9.32. The SMILES string of the molecule is CCCCCCCCCCC[C@]1(C(F)(F)F)CN1S(=O)C(C)(C)C. The molecule has 0 radical (unpaired) electrons. The summed E-state index contributed by atoms with van der Waals surface area (Å²) >= 11 is 0. The molecule has 0 aromatic rings. The van der Waals surface area contributed by atoms with Crippen LogP contribution in [-0.4, -0.2) is 31.5 Å². The third-order valence-corrected chi connectivity index (χ3v) is 6.65. The van der Waals surface area contributed by atoms with Crippen LogP contribution in [0.2, 0.25) is 0 Å². The van der Waals surface area contributed by atoms with Crippen molar-refractivity contribution in [2.75, 3.05) is 6.54 Å². The summed E-state index contributed by atoms with van der Waals surface area (Å²) in [5.74, 6) is 0. The topological polar surface area (TPSA) is 20.1 Å². The van der Waals surface area contributed by atoms with Gasteiger partial charge in [0, 0.05) is 6.54 Å². The average Bonchev–Trinajstić information content (AvgIpc) is 3.19. The van der Waals surface area contributed by atoms with Crippen LogP contribution in [0, 0.1) is 0 Å². The van der Waals surface area contributed by atoms with Crippen molar-refractivity contribution in [3.05, 3.63) is 0 Å². The first-order valence-corrected chi connectivity index (χ1v) is 10.4. The van der Waals surface area contributed by atoms with E-state index in [1.165, 1.54) is 32.1 Å². The minimum absolute atomic E-state index is 0.0775. The van der Waals surface area contributed by atoms with Gasteiger partial charge in [-0.05, 0) is 27.2 Å². The maximum atomic E-state index is 13.5. The molecule has 0 aromatic heterocycles. The Bertz CT molecular complexity index is 406. The quantitative estimate of drug-likeness (QED) is 0.324. The Morgan fingerprint density at radius 3 is 1.79 bits per heavy atom. The summed E-state index contributed by atoms with van der Waals surface area (Å²) in [5, 5.41) is 0. The lowest BCUT2D eigenvalue weighted by Crippen LogP contribution is -2.40. The van der Waals surface area contributed by atoms with Crippen LogP contribution in [0.5, 0.6) is 0 Å². The zero-order valence-electron chi connectivity index (χ0n) is 15.7. The first kappa shape index (κ1) is 21.9. The maximum Gasteiger partial charge on any atom is 0.409 e. The van der Waals surface area contributed by atoms with Gasteiger partial charge >= 0.3 is 6.18 Å². The van der Waals surface area contributed by atoms with E-state index in [9.17, 15) is 17.4 Å². The Balaban J connectivity index is 2.34. The molecule has 1 rings (SSSR count). The Morgan fingerprint density at radius 1 is 0.917 bits per heavy atom. The zero-order valence-corrected chi connectivity index (χ0v) is 16.5. The van der Waals surface area contributed by atoms with Crippen molar-refractivity contribution in [1.82, 2.24) is 4.31 Å². The molecule has 1 aliphatic rings. The Morgan fingerprint density at radius 2 is 1.38 bits per heavy atom. The van der Waals surface area contributed by atoms with Crippen molar-refractivity contribution in [2.24, 2.45) is 0 Å². The molecule has 0 bridgehead atoms. The van der Waals surface area contributed by atoms with Crippen molar-refractivity contribution in [3.63, 3.8) is 0 Å². The molecule has 2 nitrogen and oxygen atoms in total. The second kappa shape index (κ2) is 9.02. The molecule has 0 spiro atoms. The summed E-state index contributed by atoms with van der Waals surface area (Å²) in [6, 6.07) is 0. The fourth-order valence-electron chi connectivity index (χ4n) is 3.05. The van der Waals surface area contributed by atoms with Crippen LogP contribution in [0.3, 0.4) is 0 Å². The normalized spacial score (nSPS) is 25.7. The van der Waals surface area contributed by atoms with Crippen LogP contribution in [0.4, 0.5) is 13.2 Å². The van der Waals surface area contributed by atoms with E-state index >= 15 is 0 Å². The molecule has 1 heterocycles. The zero-order chi connectivity index (χ0) is 18.4. The van der Waals surface area contributed by atoms with Crippen molar-refractivity contribution >= 4 is 11.0 Å². The number of unbranched alkanes of at least 4 members (excludes halogenated alkanes) is 8. The molecular formula is C18H34F3NOS. The van der Waals surface area contributed by atoms with E-state index in [4.69, 9.17) is 0 Å². The van der Waals surface area contributed by atoms with E-state index in [1.807, 2.05) is 0 Å². The molecule has 24 heavy (non-hydrogen) atoms. The van der Waals surface area contributed by atoms with E-state index < -0.39 is 27.4 Å². The van der Waals surface area contributed by atoms with Gasteiger partial charge in [-0.1, -0.05) is 64.7 Å². The molecule has 6 heteroatoms. The van der Waals surface area contributed by atoms with Gasteiger partial charge < -0.3 is 0 Å². The minimum atomic E-state index is -4.30. The highest BCUT2D eigenvalue weighted by Gasteiger charge is 2.71. The molecule has 1 aliphatic heterocycles. The number of hydrogen-bond donors (Lipinski definition) is 0. The van der Waals surface area contributed by atoms with Crippen LogP contribution in [0.25, 0.3) is 0 Å². The van der Waals surface area contributed by atoms with E-state index in [0.717, 1.165) is 23.6 Å². The minimum Gasteiger partial charge on any atom is -0.242 e. The second-order valence-corrected chi connectivity index (χ2v) is 10.2. The van der Waals surface area contributed by atoms with Crippen LogP contribution < -0.4 is 0 Å². The van der Waals surface area contributed by atoms with Crippen LogP contribution in [0.15, 0.2) is 0 Å². The van der Waals surface area contributed by atoms with Crippen LogP contribution in [0.1, 0.15) is 91.9 Å². The Labute approximate surface area is 148 Å². The van der Waals surface area contributed by atoms with Gasteiger partial charge in [-0.15, -0.1) is 0 Å². The van der Waals surface area contributed by atoms with Gasteiger partial charge in [0.25, 0.3) is 0 Å². The van der Waals surface area contributed by atoms with Crippen molar-refractivity contribution in [2.45, 2.75) is 108 Å². The number of halogens is 3. The molecule has 144 valence electrons. The lowest BCUT2D eigenvalue weighted by Gasteiger charge is -2.25. The van der Waals surface area contributed by atoms with Crippen LogP contribution >= 0.6 is 0 Å². The monoisotopic (exact) mass is 369 g/mol. The lowest BCUT2D eigenvalue weighted by atomic mass is 9.99. The summed E-state index contributed by atoms with van der Waals surface area (Å²) < 4.78 is 53.2. The fourth-order valence-corrected chi connectivity index (χ4v) is 4.56. The number of nitrogens with zero attached hydrogens (tertiary/aromatic N) is 1. The summed E-state index contributed by atoms with van der Waals surface area (Å²) in [7, 11) is -1.59. The summed E-state index contributed by atoms with van der Waals surface area (Å²) in [6.45, 7) is 7.24. The molecule has 0 saturated carbocycles. The van der Waals surface area contributed by atoms with Gasteiger partial charge in [-0.25, -0.2) is 8.51 Å². The number of hydrogen-bond acceptors (Lipinski definition) is 1. The lowest BCUT2D eigenvalue weighted by molar-refractivity contribution is -0.167. The third-order valence-electron chi connectivity index (χ3n) is 4.72. The summed E-state index contributed by atoms with van der Waals surface area (Å²) in [5.41, 5.74) is -1.84. The molecule has 1 saturated heterocycles. The predicted octanol–water partition coefficient (Wildman–Crippen LogP) is 5.99. The predicted molar refractivity (Wildman–Crippen MR) is 95.2 cm³/mol. The van der Waals surface area contributed by atoms with Gasteiger partial charge in [0.15, 0.2) is 0 Å². The number of alkyl halides is 3. The highest BCUT2D eigenvalue weighted by atomic mass is 32.2. The van der Waals surface area contributed by atoms with Gasteiger partial charge in [0.1, 0.15) is 16.5 Å². The first-order chi connectivity index (χ1) is 11.1. The molecule has 0 aliphatic carbocycles. The molecule has 1 fully saturated rings. The van der Waals surface area contributed by atoms with E-state index in [1.54, 1.807) is 20.8 Å². The largest absolute Gasteiger partial charge is 0.409 e. The van der Waals surface area contributed by atoms with Crippen molar-refractivity contribution in [1.29, 1.82) is 0 Å². The Hall–Kier alpha value is -0.100. The van der Waals surface area contributed by atoms with Gasteiger partial charge in [0.05, 0.1) is 4.75 Å². The molecule has 3 atom stereocenters. The summed E-state index contributed by atoms with van der Waals surface area (Å²) in [4.78, 5) is 0. The van der Waals surface area contributed by atoms with E-state index in [-0.39, 0.29) is 13.0 Å². The second-order valence-electron chi connectivity index (χ2n) is 8.01. The molecule has 2 unspecified atom stereocenters. The highest BCUT2D eigenvalue weighted by molar-refractivity contribution is 7.84. The summed E-state index contributed by atoms with van der Waals surface area (Å²) in [6.07, 6.45) is 5.48. The third kappa shape index (κ3) is 6.01. The number of rotatable bonds is 11. The maximum absolute atomic E-state index is 13.5. The van der Waals surface area contributed by atoms with Gasteiger partial charge in [-0.2, -0.15) is 13.2 Å². The molecule has 0 aromatic carbocycles. The van der Waals surface area contributed by atoms with E-state index in [0.29, 0.717) is 6.42 Å². The van der Waals surface area contributed by atoms with Gasteiger partial charge in [0.2, 0.25) is 0 Å². The molecule has 0 amide bonds. The van der Waals surface area contributed by atoms with Crippen molar-refractivity contribution in [3.8, 4) is 0 Å². The highest BCUT2D eigenvalue weighted by Crippen LogP contribution is 2.52. The smallest absolute Gasteiger partial charge is 0.242 e. The van der Waals surface area contributed by atoms with Crippen LogP contribution in [-0.2, 0) is 11.0 Å². The van der Waals surface area contributed by atoms with Gasteiger partial charge in [-0.3, -0.25) is 0 Å². The van der Waals surface area contributed by atoms with E-state index in [2.05, 4.69) is 6.92 Å². The standard InChI is InChI=1S/C18H34F3NOS/c1-5-6-7-8-9-10-11-12-13-14-17(18(19,20)21)15-22(17)24(23)16(2,3)4/h5-15H2,1-4H3/t17-,22?,24?/m1/s1. The average molecular weight is 370 g/mol. The van der Waals surface area contributed by atoms with Crippen molar-refractivity contribution < 1.29 is 17.4 Å².